The molecule has 2 amide bonds. The van der Waals surface area contributed by atoms with Crippen LogP contribution in [0.3, 0.4) is 0 Å². The monoisotopic (exact) mass is 412 g/mol. The summed E-state index contributed by atoms with van der Waals surface area (Å²) in [6.45, 7) is 4.31. The Bertz CT molecular complexity index is 967. The Hall–Kier alpha value is -3.13. The average Bonchev–Trinajstić information content (AvgIpc) is 3.34. The number of rotatable bonds is 8. The molecule has 2 N–H and O–H groups in total. The third-order valence-corrected chi connectivity index (χ3v) is 5.44. The molecule has 152 valence electrons. The van der Waals surface area contributed by atoms with Crippen LogP contribution in [0.15, 0.2) is 52.5 Å². The number of hydrogen-bond acceptors (Lipinski definition) is 6. The number of para-hydroxylation sites is 1. The van der Waals surface area contributed by atoms with Gasteiger partial charge in [0.25, 0.3) is 5.91 Å². The van der Waals surface area contributed by atoms with Gasteiger partial charge in [-0.25, -0.2) is 4.98 Å². The van der Waals surface area contributed by atoms with E-state index in [4.69, 9.17) is 4.42 Å². The van der Waals surface area contributed by atoms with Gasteiger partial charge in [0.1, 0.15) is 5.76 Å². The Morgan fingerprint density at radius 2 is 2.00 bits per heavy atom. The number of aryl methyl sites for hydroxylation is 1. The molecule has 0 saturated carbocycles. The van der Waals surface area contributed by atoms with Crippen LogP contribution < -0.4 is 15.5 Å². The maximum absolute atomic E-state index is 12.3. The van der Waals surface area contributed by atoms with Crippen LogP contribution in [0.4, 0.5) is 10.8 Å². The molecule has 8 heteroatoms. The Morgan fingerprint density at radius 3 is 2.69 bits per heavy atom. The number of benzene rings is 1. The van der Waals surface area contributed by atoms with Crippen LogP contribution in [-0.2, 0) is 11.2 Å². The summed E-state index contributed by atoms with van der Waals surface area (Å²) in [5, 5.41) is 7.91. The van der Waals surface area contributed by atoms with Crippen molar-refractivity contribution in [1.29, 1.82) is 0 Å². The molecule has 3 aromatic rings. The Balaban J connectivity index is 1.47. The maximum Gasteiger partial charge on any atom is 0.260 e. The summed E-state index contributed by atoms with van der Waals surface area (Å²) in [7, 11) is 2.00. The molecule has 0 aliphatic carbocycles. The van der Waals surface area contributed by atoms with Crippen LogP contribution >= 0.6 is 11.3 Å². The molecule has 3 rings (SSSR count). The number of carbonyl (C=O) groups excluding carboxylic acids is 2. The van der Waals surface area contributed by atoms with Crippen molar-refractivity contribution >= 4 is 34.0 Å². The maximum atomic E-state index is 12.3. The summed E-state index contributed by atoms with van der Waals surface area (Å²) in [6.07, 6.45) is 1.64. The van der Waals surface area contributed by atoms with E-state index >= 15 is 0 Å². The van der Waals surface area contributed by atoms with Crippen molar-refractivity contribution in [1.82, 2.24) is 10.3 Å². The fourth-order valence-electron chi connectivity index (χ4n) is 2.77. The number of aromatic nitrogens is 1. The van der Waals surface area contributed by atoms with Gasteiger partial charge in [0.15, 0.2) is 5.13 Å². The van der Waals surface area contributed by atoms with Gasteiger partial charge in [-0.2, -0.15) is 0 Å². The lowest BCUT2D eigenvalue weighted by atomic mass is 10.2. The first-order valence-corrected chi connectivity index (χ1v) is 10.2. The van der Waals surface area contributed by atoms with Crippen LogP contribution in [-0.4, -0.2) is 36.4 Å². The zero-order valence-corrected chi connectivity index (χ0v) is 17.5. The smallest absolute Gasteiger partial charge is 0.260 e. The van der Waals surface area contributed by atoms with Gasteiger partial charge in [0, 0.05) is 30.7 Å². The highest BCUT2D eigenvalue weighted by Gasteiger charge is 2.15. The molecule has 0 radical (unpaired) electrons. The topological polar surface area (TPSA) is 87.5 Å². The quantitative estimate of drug-likeness (QED) is 0.591. The lowest BCUT2D eigenvalue weighted by Gasteiger charge is -2.27. The Morgan fingerprint density at radius 1 is 1.24 bits per heavy atom. The normalized spacial score (nSPS) is 11.7. The second-order valence-corrected chi connectivity index (χ2v) is 7.62. The zero-order valence-electron chi connectivity index (χ0n) is 16.6. The summed E-state index contributed by atoms with van der Waals surface area (Å²) in [4.78, 5) is 30.9. The lowest BCUT2D eigenvalue weighted by Crippen LogP contribution is -2.40. The lowest BCUT2D eigenvalue weighted by molar-refractivity contribution is -0.120. The highest BCUT2D eigenvalue weighted by molar-refractivity contribution is 7.14. The molecule has 0 spiro atoms. The molecule has 2 heterocycles. The Kier molecular flexibility index (Phi) is 6.66. The molecule has 0 aliphatic rings. The predicted octanol–water partition coefficient (Wildman–Crippen LogP) is 3.48. The third kappa shape index (κ3) is 5.45. The van der Waals surface area contributed by atoms with Gasteiger partial charge in [-0.1, -0.05) is 18.2 Å². The number of thiazole rings is 1. The number of amides is 2. The SMILES string of the molecule is Cc1occc1C(=O)Nc1nc(CC(=O)NCC(C)N(C)c2ccccc2)cs1. The molecule has 0 bridgehead atoms. The molecule has 0 aliphatic heterocycles. The third-order valence-electron chi connectivity index (χ3n) is 4.64. The van der Waals surface area contributed by atoms with Crippen LogP contribution in [0.25, 0.3) is 0 Å². The second-order valence-electron chi connectivity index (χ2n) is 6.76. The highest BCUT2D eigenvalue weighted by atomic mass is 32.1. The number of nitrogens with zero attached hydrogens (tertiary/aromatic N) is 2. The van der Waals surface area contributed by atoms with E-state index < -0.39 is 0 Å². The molecular formula is C21H24N4O3S. The van der Waals surface area contributed by atoms with Crippen LogP contribution in [0.2, 0.25) is 0 Å². The zero-order chi connectivity index (χ0) is 20.8. The Labute approximate surface area is 173 Å². The van der Waals surface area contributed by atoms with Crippen molar-refractivity contribution in [3.63, 3.8) is 0 Å². The fourth-order valence-corrected chi connectivity index (χ4v) is 3.48. The van der Waals surface area contributed by atoms with Crippen molar-refractivity contribution in [3.05, 3.63) is 65.1 Å². The van der Waals surface area contributed by atoms with Crippen molar-refractivity contribution in [3.8, 4) is 0 Å². The van der Waals surface area contributed by atoms with E-state index in [2.05, 4.69) is 27.4 Å². The predicted molar refractivity (Wildman–Crippen MR) is 115 cm³/mol. The molecule has 29 heavy (non-hydrogen) atoms. The average molecular weight is 413 g/mol. The molecule has 7 nitrogen and oxygen atoms in total. The van der Waals surface area contributed by atoms with Crippen LogP contribution in [0.1, 0.15) is 28.7 Å². The van der Waals surface area contributed by atoms with Crippen LogP contribution in [0.5, 0.6) is 0 Å². The van der Waals surface area contributed by atoms with E-state index in [9.17, 15) is 9.59 Å². The summed E-state index contributed by atoms with van der Waals surface area (Å²) >= 11 is 1.29. The van der Waals surface area contributed by atoms with Gasteiger partial charge in [-0.3, -0.25) is 14.9 Å². The van der Waals surface area contributed by atoms with Gasteiger partial charge >= 0.3 is 0 Å². The highest BCUT2D eigenvalue weighted by Crippen LogP contribution is 2.18. The summed E-state index contributed by atoms with van der Waals surface area (Å²) in [5.41, 5.74) is 2.19. The minimum atomic E-state index is -0.278. The number of likely N-dealkylation sites (N-methyl/N-ethyl adjacent to an activating group) is 1. The first-order chi connectivity index (χ1) is 13.9. The first-order valence-electron chi connectivity index (χ1n) is 9.28. The van der Waals surface area contributed by atoms with Crippen molar-refractivity contribution in [2.45, 2.75) is 26.3 Å². The number of nitrogens with one attached hydrogen (secondary N) is 2. The van der Waals surface area contributed by atoms with Crippen molar-refractivity contribution in [2.24, 2.45) is 0 Å². The molecule has 1 unspecified atom stereocenters. The number of anilines is 2. The minimum absolute atomic E-state index is 0.104. The molecule has 1 atom stereocenters. The van der Waals surface area contributed by atoms with Gasteiger partial charge in [0.2, 0.25) is 5.91 Å². The molecular weight excluding hydrogens is 388 g/mol. The summed E-state index contributed by atoms with van der Waals surface area (Å²) in [5.74, 6) is 0.166. The number of hydrogen-bond donors (Lipinski definition) is 2. The largest absolute Gasteiger partial charge is 0.469 e. The van der Waals surface area contributed by atoms with Crippen molar-refractivity contribution in [2.75, 3.05) is 23.8 Å². The molecule has 0 saturated heterocycles. The van der Waals surface area contributed by atoms with E-state index in [1.807, 2.05) is 37.4 Å². The minimum Gasteiger partial charge on any atom is -0.469 e. The van der Waals surface area contributed by atoms with E-state index in [1.165, 1.54) is 17.6 Å². The second kappa shape index (κ2) is 9.38. The van der Waals surface area contributed by atoms with Gasteiger partial charge in [-0.15, -0.1) is 11.3 Å². The van der Waals surface area contributed by atoms with E-state index in [0.29, 0.717) is 28.7 Å². The molecule has 2 aromatic heterocycles. The summed E-state index contributed by atoms with van der Waals surface area (Å²) < 4.78 is 5.14. The number of carbonyl (C=O) groups is 2. The molecule has 0 fully saturated rings. The van der Waals surface area contributed by atoms with Crippen molar-refractivity contribution < 1.29 is 14.0 Å². The van der Waals surface area contributed by atoms with Gasteiger partial charge < -0.3 is 14.6 Å². The standard InChI is InChI=1S/C21H24N4O3S/c1-14(25(3)17-7-5-4-6-8-17)12-22-19(26)11-16-13-29-21(23-16)24-20(27)18-9-10-28-15(18)2/h4-10,13-14H,11-12H2,1-3H3,(H,22,26)(H,23,24,27). The summed E-state index contributed by atoms with van der Waals surface area (Å²) in [6, 6.07) is 11.8. The first kappa shape index (κ1) is 20.6. The fraction of sp³-hybridized carbons (Fsp3) is 0.286. The van der Waals surface area contributed by atoms with Gasteiger partial charge in [-0.05, 0) is 32.0 Å². The van der Waals surface area contributed by atoms with E-state index in [-0.39, 0.29) is 24.3 Å². The van der Waals surface area contributed by atoms with E-state index in [1.54, 1.807) is 18.4 Å². The number of furan rings is 1. The van der Waals surface area contributed by atoms with E-state index in [0.717, 1.165) is 5.69 Å². The molecule has 1 aromatic carbocycles. The van der Waals surface area contributed by atoms with Gasteiger partial charge in [0.05, 0.1) is 23.9 Å². The van der Waals surface area contributed by atoms with Crippen LogP contribution in [0, 0.1) is 6.92 Å².